The van der Waals surface area contributed by atoms with Gasteiger partial charge in [-0.3, -0.25) is 4.68 Å². The van der Waals surface area contributed by atoms with Crippen molar-refractivity contribution in [2.24, 2.45) is 7.05 Å². The molecule has 4 aromatic rings. The Morgan fingerprint density at radius 2 is 1.96 bits per heavy atom. The van der Waals surface area contributed by atoms with E-state index in [9.17, 15) is 0 Å². The zero-order valence-corrected chi connectivity index (χ0v) is 14.3. The number of aromatic nitrogens is 4. The van der Waals surface area contributed by atoms with E-state index < -0.39 is 0 Å². The molecule has 0 aliphatic rings. The van der Waals surface area contributed by atoms with Gasteiger partial charge in [-0.05, 0) is 23.9 Å². The molecule has 0 unspecified atom stereocenters. The Bertz CT molecular complexity index is 957. The zero-order valence-electron chi connectivity index (χ0n) is 13.5. The molecule has 0 saturated carbocycles. The maximum atomic E-state index is 4.44. The third-order valence-corrected chi connectivity index (χ3v) is 4.99. The van der Waals surface area contributed by atoms with Crippen LogP contribution in [0.5, 0.6) is 0 Å². The number of rotatable bonds is 4. The van der Waals surface area contributed by atoms with Gasteiger partial charge < -0.3 is 5.32 Å². The van der Waals surface area contributed by atoms with Crippen molar-refractivity contribution in [1.29, 1.82) is 0 Å². The molecule has 0 saturated heterocycles. The van der Waals surface area contributed by atoms with Crippen LogP contribution in [0.4, 0.5) is 5.82 Å². The van der Waals surface area contributed by atoms with E-state index in [1.165, 1.54) is 16.0 Å². The summed E-state index contributed by atoms with van der Waals surface area (Å²) in [6.45, 7) is 2.10. The van der Waals surface area contributed by atoms with Crippen LogP contribution in [0.25, 0.3) is 11.0 Å². The normalized spacial score (nSPS) is 12.4. The van der Waals surface area contributed by atoms with Gasteiger partial charge in [-0.25, -0.2) is 9.97 Å². The molecule has 1 atom stereocenters. The minimum Gasteiger partial charge on any atom is -0.358 e. The largest absolute Gasteiger partial charge is 0.358 e. The van der Waals surface area contributed by atoms with E-state index in [2.05, 4.69) is 69.1 Å². The van der Waals surface area contributed by atoms with Crippen molar-refractivity contribution in [3.8, 4) is 0 Å². The first-order valence-corrected chi connectivity index (χ1v) is 8.59. The molecule has 24 heavy (non-hydrogen) atoms. The van der Waals surface area contributed by atoms with Gasteiger partial charge in [-0.2, -0.15) is 5.10 Å². The van der Waals surface area contributed by atoms with Crippen molar-refractivity contribution in [1.82, 2.24) is 19.7 Å². The Morgan fingerprint density at radius 3 is 2.71 bits per heavy atom. The fourth-order valence-electron chi connectivity index (χ4n) is 2.75. The smallest absolute Gasteiger partial charge is 0.163 e. The van der Waals surface area contributed by atoms with E-state index in [0.29, 0.717) is 0 Å². The van der Waals surface area contributed by atoms with E-state index in [-0.39, 0.29) is 6.04 Å². The number of nitrogens with one attached hydrogen (secondary N) is 1. The van der Waals surface area contributed by atoms with E-state index in [1.807, 2.05) is 7.05 Å². The van der Waals surface area contributed by atoms with Gasteiger partial charge >= 0.3 is 0 Å². The van der Waals surface area contributed by atoms with Crippen LogP contribution in [0.3, 0.4) is 0 Å². The van der Waals surface area contributed by atoms with E-state index in [1.54, 1.807) is 28.5 Å². The summed E-state index contributed by atoms with van der Waals surface area (Å²) in [5.74, 6) is 0.798. The topological polar surface area (TPSA) is 55.6 Å². The fraction of sp³-hybridized carbons (Fsp3) is 0.167. The molecule has 3 heterocycles. The average Bonchev–Trinajstić information content (AvgIpc) is 3.25. The predicted molar refractivity (Wildman–Crippen MR) is 97.3 cm³/mol. The highest BCUT2D eigenvalue weighted by atomic mass is 32.1. The second-order valence-corrected chi connectivity index (χ2v) is 6.71. The SMILES string of the molecule is Cc1ccc([C@H](Nc2ncnc3c2cnn3C)c2cccs2)cc1. The van der Waals surface area contributed by atoms with Crippen LogP contribution in [0, 0.1) is 6.92 Å². The maximum absolute atomic E-state index is 4.44. The number of fused-ring (bicyclic) bond motifs is 1. The first kappa shape index (κ1) is 14.8. The molecule has 1 aromatic carbocycles. The standard InChI is InChI=1S/C18H17N5S/c1-12-5-7-13(8-6-12)16(15-4-3-9-24-15)22-17-14-10-21-23(2)18(14)20-11-19-17/h3-11,16H,1-2H3,(H,19,20,22)/t16-/m0/s1. The van der Waals surface area contributed by atoms with Gasteiger partial charge in [0.15, 0.2) is 5.65 Å². The van der Waals surface area contributed by atoms with E-state index >= 15 is 0 Å². The first-order valence-electron chi connectivity index (χ1n) is 7.71. The van der Waals surface area contributed by atoms with Gasteiger partial charge in [0.1, 0.15) is 12.1 Å². The molecule has 5 nitrogen and oxygen atoms in total. The van der Waals surface area contributed by atoms with Gasteiger partial charge in [-0.15, -0.1) is 11.3 Å². The van der Waals surface area contributed by atoms with Crippen LogP contribution in [0.1, 0.15) is 22.0 Å². The lowest BCUT2D eigenvalue weighted by molar-refractivity contribution is 0.785. The molecule has 6 heteroatoms. The molecule has 0 fully saturated rings. The molecule has 3 aromatic heterocycles. The molecule has 120 valence electrons. The van der Waals surface area contributed by atoms with Crippen molar-refractivity contribution in [2.75, 3.05) is 5.32 Å². The summed E-state index contributed by atoms with van der Waals surface area (Å²) in [6, 6.07) is 12.9. The minimum atomic E-state index is 0.0453. The van der Waals surface area contributed by atoms with Crippen molar-refractivity contribution >= 4 is 28.2 Å². The van der Waals surface area contributed by atoms with Crippen molar-refractivity contribution in [3.63, 3.8) is 0 Å². The van der Waals surface area contributed by atoms with Gasteiger partial charge in [0.05, 0.1) is 17.6 Å². The molecule has 0 bridgehead atoms. The van der Waals surface area contributed by atoms with Crippen LogP contribution < -0.4 is 5.32 Å². The number of anilines is 1. The lowest BCUT2D eigenvalue weighted by atomic mass is 10.0. The van der Waals surface area contributed by atoms with Crippen molar-refractivity contribution in [3.05, 3.63) is 70.3 Å². The number of benzene rings is 1. The monoisotopic (exact) mass is 335 g/mol. The third-order valence-electron chi connectivity index (χ3n) is 4.05. The molecular weight excluding hydrogens is 318 g/mol. The number of aryl methyl sites for hydroxylation is 2. The summed E-state index contributed by atoms with van der Waals surface area (Å²) < 4.78 is 1.76. The maximum Gasteiger partial charge on any atom is 0.163 e. The second-order valence-electron chi connectivity index (χ2n) is 5.73. The summed E-state index contributed by atoms with van der Waals surface area (Å²) in [5, 5.41) is 10.9. The van der Waals surface area contributed by atoms with Crippen LogP contribution in [0.15, 0.2) is 54.3 Å². The summed E-state index contributed by atoms with van der Waals surface area (Å²) in [7, 11) is 1.88. The summed E-state index contributed by atoms with van der Waals surface area (Å²) in [6.07, 6.45) is 3.38. The Hall–Kier alpha value is -2.73. The zero-order chi connectivity index (χ0) is 16.5. The average molecular weight is 335 g/mol. The van der Waals surface area contributed by atoms with Crippen LogP contribution >= 0.6 is 11.3 Å². The van der Waals surface area contributed by atoms with Crippen LogP contribution in [-0.4, -0.2) is 19.7 Å². The summed E-state index contributed by atoms with van der Waals surface area (Å²) in [5.41, 5.74) is 3.28. The quantitative estimate of drug-likeness (QED) is 0.614. The Morgan fingerprint density at radius 1 is 1.12 bits per heavy atom. The lowest BCUT2D eigenvalue weighted by Crippen LogP contribution is -2.12. The fourth-order valence-corrected chi connectivity index (χ4v) is 3.55. The molecule has 0 aliphatic carbocycles. The highest BCUT2D eigenvalue weighted by Crippen LogP contribution is 2.31. The molecule has 0 amide bonds. The summed E-state index contributed by atoms with van der Waals surface area (Å²) in [4.78, 5) is 9.99. The lowest BCUT2D eigenvalue weighted by Gasteiger charge is -2.19. The molecule has 1 N–H and O–H groups in total. The first-order chi connectivity index (χ1) is 11.7. The molecule has 0 spiro atoms. The van der Waals surface area contributed by atoms with Crippen molar-refractivity contribution < 1.29 is 0 Å². The predicted octanol–water partition coefficient (Wildman–Crippen LogP) is 3.93. The Balaban J connectivity index is 1.78. The highest BCUT2D eigenvalue weighted by Gasteiger charge is 2.18. The molecular formula is C18H17N5S. The Kier molecular flexibility index (Phi) is 3.74. The number of thiophene rings is 1. The minimum absolute atomic E-state index is 0.0453. The van der Waals surface area contributed by atoms with E-state index in [0.717, 1.165) is 16.9 Å². The molecule has 0 radical (unpaired) electrons. The van der Waals surface area contributed by atoms with Crippen molar-refractivity contribution in [2.45, 2.75) is 13.0 Å². The third kappa shape index (κ3) is 2.65. The Labute approximate surface area is 144 Å². The highest BCUT2D eigenvalue weighted by molar-refractivity contribution is 7.10. The van der Waals surface area contributed by atoms with Gasteiger partial charge in [0, 0.05) is 11.9 Å². The van der Waals surface area contributed by atoms with E-state index in [4.69, 9.17) is 0 Å². The molecule has 4 rings (SSSR count). The number of nitrogens with zero attached hydrogens (tertiary/aromatic N) is 4. The number of hydrogen-bond donors (Lipinski definition) is 1. The second kappa shape index (κ2) is 6.05. The van der Waals surface area contributed by atoms with Gasteiger partial charge in [0.2, 0.25) is 0 Å². The number of hydrogen-bond acceptors (Lipinski definition) is 5. The van der Waals surface area contributed by atoms with Gasteiger partial charge in [0.25, 0.3) is 0 Å². The van der Waals surface area contributed by atoms with Crippen LogP contribution in [0.2, 0.25) is 0 Å². The summed E-state index contributed by atoms with van der Waals surface area (Å²) >= 11 is 1.73. The van der Waals surface area contributed by atoms with Gasteiger partial charge in [-0.1, -0.05) is 35.9 Å². The van der Waals surface area contributed by atoms with Crippen LogP contribution in [-0.2, 0) is 7.05 Å². The molecule has 0 aliphatic heterocycles.